The van der Waals surface area contributed by atoms with E-state index in [9.17, 15) is 29.1 Å². The van der Waals surface area contributed by atoms with Crippen molar-refractivity contribution in [3.63, 3.8) is 0 Å². The number of carboxylic acid groups (broad SMARTS) is 4. The lowest BCUT2D eigenvalue weighted by Gasteiger charge is -2.10. The van der Waals surface area contributed by atoms with Gasteiger partial charge in [-0.25, -0.2) is 14.4 Å². The Labute approximate surface area is 376 Å². The lowest BCUT2D eigenvalue weighted by molar-refractivity contribution is -0.136. The van der Waals surface area contributed by atoms with Crippen LogP contribution in [0.25, 0.3) is 10.8 Å². The number of benzene rings is 6. The number of methoxy groups -OCH3 is 1. The quantitative estimate of drug-likeness (QED) is 0.0623. The lowest BCUT2D eigenvalue weighted by atomic mass is 10.1. The lowest BCUT2D eigenvalue weighted by Crippen LogP contribution is -2.16. The zero-order valence-electron chi connectivity index (χ0n) is 30.5. The number of nitrogens with two attached hydrogens (primary N) is 1. The molecule has 0 saturated heterocycles. The van der Waals surface area contributed by atoms with Crippen LogP contribution in [-0.2, 0) is 11.2 Å². The number of carboxylic acids is 4. The van der Waals surface area contributed by atoms with Crippen molar-refractivity contribution in [1.82, 2.24) is 0 Å². The third-order valence-electron chi connectivity index (χ3n) is 7.68. The van der Waals surface area contributed by atoms with Gasteiger partial charge >= 0.3 is 23.9 Å². The van der Waals surface area contributed by atoms with Crippen molar-refractivity contribution in [3.8, 4) is 5.75 Å². The van der Waals surface area contributed by atoms with E-state index in [2.05, 4.69) is 5.32 Å². The largest absolute Gasteiger partial charge is 0.494 e. The predicted octanol–water partition coefficient (Wildman–Crippen LogP) is 12.0. The number of halogens is 7. The number of nitrogen functional groups attached to an aromatic ring is 1. The van der Waals surface area contributed by atoms with Gasteiger partial charge < -0.3 is 36.2 Å². The molecular weight excluding hydrogens is 929 g/mol. The van der Waals surface area contributed by atoms with Gasteiger partial charge in [0.25, 0.3) is 5.91 Å². The first-order chi connectivity index (χ1) is 28.3. The maximum Gasteiger partial charge on any atom is 0.341 e. The molecule has 0 aliphatic rings. The molecule has 0 fully saturated rings. The molecule has 0 atom stereocenters. The monoisotopic (exact) mass is 954 g/mol. The van der Waals surface area contributed by atoms with Crippen LogP contribution in [0.4, 0.5) is 11.4 Å². The SMILES string of the molecule is COc1c(Cl)ccc(Cl)c1C(=O)O.Nc1cc(Cl)cc(C(=O)O)c1Cl.O=C(O)Cc1c(Cl)ccc(Cl)c1Cl.O=C(O)c1ccccc1C(=O)Nc1cccc2ccccc12. The molecule has 7 N–H and O–H groups in total. The van der Waals surface area contributed by atoms with Gasteiger partial charge in [-0.2, -0.15) is 0 Å². The fourth-order valence-corrected chi connectivity index (χ4v) is 6.53. The number of fused-ring (bicyclic) bond motifs is 1. The van der Waals surface area contributed by atoms with Gasteiger partial charge in [-0.15, -0.1) is 0 Å². The molecule has 0 unspecified atom stereocenters. The summed E-state index contributed by atoms with van der Waals surface area (Å²) in [6, 6.07) is 28.0. The van der Waals surface area contributed by atoms with Gasteiger partial charge in [0.15, 0.2) is 5.75 Å². The first kappa shape index (κ1) is 48.9. The number of amides is 1. The van der Waals surface area contributed by atoms with Crippen molar-refractivity contribution in [1.29, 1.82) is 0 Å². The van der Waals surface area contributed by atoms with Crippen molar-refractivity contribution in [2.75, 3.05) is 18.2 Å². The summed E-state index contributed by atoms with van der Waals surface area (Å²) in [5.74, 6) is -4.77. The second-order valence-electron chi connectivity index (χ2n) is 11.6. The summed E-state index contributed by atoms with van der Waals surface area (Å²) in [6.07, 6.45) is -0.224. The maximum atomic E-state index is 12.4. The molecule has 0 radical (unpaired) electrons. The second kappa shape index (κ2) is 22.8. The number of aromatic carboxylic acids is 3. The molecule has 12 nitrogen and oxygen atoms in total. The van der Waals surface area contributed by atoms with Gasteiger partial charge in [0.1, 0.15) is 5.56 Å². The minimum absolute atomic E-state index is 0.0137. The molecule has 6 rings (SSSR count). The van der Waals surface area contributed by atoms with Crippen molar-refractivity contribution in [3.05, 3.63) is 166 Å². The fraction of sp³-hybridized carbons (Fsp3) is 0.0488. The minimum Gasteiger partial charge on any atom is -0.494 e. The van der Waals surface area contributed by atoms with E-state index < -0.39 is 29.8 Å². The summed E-state index contributed by atoms with van der Waals surface area (Å²) in [5, 5.41) is 41.3. The smallest absolute Gasteiger partial charge is 0.341 e. The molecule has 19 heteroatoms. The molecule has 312 valence electrons. The Balaban J connectivity index is 0.000000222. The number of carbonyl (C=O) groups excluding carboxylic acids is 1. The van der Waals surface area contributed by atoms with Crippen LogP contribution < -0.4 is 15.8 Å². The van der Waals surface area contributed by atoms with Crippen molar-refractivity contribution in [2.24, 2.45) is 0 Å². The van der Waals surface area contributed by atoms with Crippen LogP contribution in [0.2, 0.25) is 35.2 Å². The highest BCUT2D eigenvalue weighted by Crippen LogP contribution is 2.34. The number of rotatable bonds is 8. The standard InChI is InChI=1S/C18H13NO3.C8H5Cl3O2.C8H6Cl2O3.C7H5Cl2NO2/c20-17(14-9-3-4-10-15(14)18(21)22)19-16-11-5-7-12-6-1-2-8-13(12)16;9-5-1-2-6(10)8(11)4(5)3-7(12)13;1-13-7-5(10)3-2-4(9)6(7)8(11)12;8-3-1-4(7(11)12)6(9)5(10)2-3/h1-11H,(H,19,20)(H,21,22);1-2H,3H2,(H,12,13);2-3H,1H3,(H,11,12);1-2H,10H2,(H,11,12). The zero-order valence-corrected chi connectivity index (χ0v) is 35.8. The minimum atomic E-state index is -1.16. The van der Waals surface area contributed by atoms with Gasteiger partial charge in [-0.05, 0) is 60.0 Å². The molecule has 0 bridgehead atoms. The third kappa shape index (κ3) is 13.3. The maximum absolute atomic E-state index is 12.4. The van der Waals surface area contributed by atoms with E-state index in [0.29, 0.717) is 21.3 Å². The van der Waals surface area contributed by atoms with Crippen molar-refractivity contribution >= 4 is 133 Å². The summed E-state index contributed by atoms with van der Waals surface area (Å²) in [7, 11) is 1.34. The summed E-state index contributed by atoms with van der Waals surface area (Å²) >= 11 is 39.7. The Morgan fingerprint density at radius 3 is 1.73 bits per heavy atom. The number of hydrogen-bond acceptors (Lipinski definition) is 7. The number of nitrogens with one attached hydrogen (secondary N) is 1. The number of anilines is 2. The van der Waals surface area contributed by atoms with Crippen LogP contribution in [0, 0.1) is 0 Å². The molecule has 6 aromatic carbocycles. The molecule has 0 spiro atoms. The highest BCUT2D eigenvalue weighted by Gasteiger charge is 2.19. The van der Waals surface area contributed by atoms with E-state index in [4.69, 9.17) is 107 Å². The van der Waals surface area contributed by atoms with Crippen LogP contribution in [0.5, 0.6) is 5.75 Å². The van der Waals surface area contributed by atoms with Crippen molar-refractivity contribution < 1.29 is 49.1 Å². The Bertz CT molecular complexity index is 2580. The summed E-state index contributed by atoms with van der Waals surface area (Å²) in [6.45, 7) is 0. The Kier molecular flexibility index (Phi) is 18.6. The molecule has 60 heavy (non-hydrogen) atoms. The Morgan fingerprint density at radius 1 is 0.600 bits per heavy atom. The molecule has 0 aliphatic heterocycles. The third-order valence-corrected chi connectivity index (χ3v) is 10.1. The van der Waals surface area contributed by atoms with Crippen LogP contribution in [0.15, 0.2) is 103 Å². The molecule has 0 saturated carbocycles. The predicted molar refractivity (Wildman–Crippen MR) is 236 cm³/mol. The van der Waals surface area contributed by atoms with Crippen LogP contribution in [0.1, 0.15) is 47.0 Å². The van der Waals surface area contributed by atoms with Crippen LogP contribution in [0.3, 0.4) is 0 Å². The fourth-order valence-electron chi connectivity index (χ4n) is 4.97. The molecule has 1 amide bonds. The Morgan fingerprint density at radius 2 is 1.15 bits per heavy atom. The summed E-state index contributed by atoms with van der Waals surface area (Å²) < 4.78 is 4.82. The second-order valence-corrected chi connectivity index (χ2v) is 14.4. The normalized spacial score (nSPS) is 10.1. The van der Waals surface area contributed by atoms with Gasteiger partial charge in [0.2, 0.25) is 0 Å². The average Bonchev–Trinajstić information content (AvgIpc) is 3.20. The van der Waals surface area contributed by atoms with E-state index in [1.807, 2.05) is 36.4 Å². The van der Waals surface area contributed by atoms with E-state index in [0.717, 1.165) is 10.8 Å². The average molecular weight is 958 g/mol. The number of hydrogen-bond donors (Lipinski definition) is 6. The topological polar surface area (TPSA) is 214 Å². The molecule has 0 heterocycles. The highest BCUT2D eigenvalue weighted by molar-refractivity contribution is 6.44. The first-order valence-electron chi connectivity index (χ1n) is 16.5. The number of ether oxygens (including phenoxy) is 1. The summed E-state index contributed by atoms with van der Waals surface area (Å²) in [5.41, 5.74) is 6.49. The summed E-state index contributed by atoms with van der Waals surface area (Å²) in [4.78, 5) is 55.3. The highest BCUT2D eigenvalue weighted by atomic mass is 35.5. The zero-order chi connectivity index (χ0) is 44.8. The first-order valence-corrected chi connectivity index (χ1v) is 19.1. The van der Waals surface area contributed by atoms with Gasteiger partial charge in [0, 0.05) is 26.7 Å². The van der Waals surface area contributed by atoms with Gasteiger partial charge in [-0.3, -0.25) is 9.59 Å². The Hall–Kier alpha value is -5.44. The van der Waals surface area contributed by atoms with E-state index >= 15 is 0 Å². The number of carbonyl (C=O) groups is 5. The molecule has 0 aliphatic carbocycles. The van der Waals surface area contributed by atoms with Crippen LogP contribution in [-0.4, -0.2) is 57.3 Å². The van der Waals surface area contributed by atoms with Gasteiger partial charge in [-0.1, -0.05) is 130 Å². The van der Waals surface area contributed by atoms with E-state index in [1.54, 1.807) is 18.2 Å². The van der Waals surface area contributed by atoms with Gasteiger partial charge in [0.05, 0.1) is 61.0 Å². The molecule has 0 aromatic heterocycles. The molecular formula is C41H29Cl7N2O10. The number of aliphatic carboxylic acids is 1. The van der Waals surface area contributed by atoms with Crippen molar-refractivity contribution in [2.45, 2.75) is 6.42 Å². The molecule has 6 aromatic rings. The van der Waals surface area contributed by atoms with Crippen LogP contribution >= 0.6 is 81.2 Å². The van der Waals surface area contributed by atoms with E-state index in [-0.39, 0.29) is 65.2 Å². The van der Waals surface area contributed by atoms with E-state index in [1.165, 1.54) is 55.6 Å².